The van der Waals surface area contributed by atoms with Crippen LogP contribution in [-0.4, -0.2) is 41.3 Å². The van der Waals surface area contributed by atoms with Gasteiger partial charge in [0.1, 0.15) is 6.04 Å². The number of rotatable bonds is 7. The summed E-state index contributed by atoms with van der Waals surface area (Å²) in [5.41, 5.74) is 1.87. The van der Waals surface area contributed by atoms with Crippen LogP contribution in [0.15, 0.2) is 55.1 Å². The molecule has 0 aliphatic rings. The molecule has 8 heteroatoms. The molecule has 0 saturated carbocycles. The summed E-state index contributed by atoms with van der Waals surface area (Å²) in [6.07, 6.45) is 6.55. The number of nitrogens with one attached hydrogen (secondary N) is 1. The zero-order chi connectivity index (χ0) is 17.8. The number of pyridine rings is 1. The molecule has 132 valence electrons. The average Bonchev–Trinajstić information content (AvgIpc) is 3.33. The van der Waals surface area contributed by atoms with E-state index >= 15 is 0 Å². The lowest BCUT2D eigenvalue weighted by atomic mass is 10.1. The number of hydrogen-bond acceptors (Lipinski definition) is 6. The van der Waals surface area contributed by atoms with E-state index in [-0.39, 0.29) is 6.04 Å². The highest BCUT2D eigenvalue weighted by Crippen LogP contribution is 2.21. The van der Waals surface area contributed by atoms with Gasteiger partial charge >= 0.3 is 0 Å². The Bertz CT molecular complexity index is 976. The number of aromatic nitrogens is 7. The van der Waals surface area contributed by atoms with Crippen molar-refractivity contribution in [3.8, 4) is 0 Å². The van der Waals surface area contributed by atoms with Crippen molar-refractivity contribution in [2.24, 2.45) is 7.05 Å². The minimum atomic E-state index is -0.164. The van der Waals surface area contributed by atoms with E-state index in [0.29, 0.717) is 0 Å². The number of aryl methyl sites for hydroxylation is 2. The van der Waals surface area contributed by atoms with Crippen LogP contribution < -0.4 is 5.32 Å². The van der Waals surface area contributed by atoms with Gasteiger partial charge in [-0.2, -0.15) is 0 Å². The van der Waals surface area contributed by atoms with E-state index in [2.05, 4.69) is 42.5 Å². The molecule has 0 bridgehead atoms. The summed E-state index contributed by atoms with van der Waals surface area (Å²) >= 11 is 0. The molecule has 0 saturated heterocycles. The number of imidazole rings is 1. The molecule has 8 nitrogen and oxygen atoms in total. The zero-order valence-corrected chi connectivity index (χ0v) is 14.5. The van der Waals surface area contributed by atoms with E-state index in [4.69, 9.17) is 4.98 Å². The van der Waals surface area contributed by atoms with Crippen molar-refractivity contribution in [1.29, 1.82) is 0 Å². The molecule has 0 spiro atoms. The zero-order valence-electron chi connectivity index (χ0n) is 14.5. The van der Waals surface area contributed by atoms with Gasteiger partial charge in [0.2, 0.25) is 0 Å². The Balaban J connectivity index is 1.55. The Morgan fingerprint density at radius 3 is 2.88 bits per heavy atom. The Hall–Kier alpha value is -3.13. The molecule has 3 heterocycles. The van der Waals surface area contributed by atoms with Gasteiger partial charge in [-0.05, 0) is 35.5 Å². The molecule has 4 rings (SSSR count). The SMILES string of the molecule is Cn1nnnc1C(NCCCn1ccnc1)c1ccc2ccccc2n1. The standard InChI is InChI=1S/C18H20N8/c1-25-18(22-23-24-25)17(20-9-4-11-26-12-10-19-13-26)16-8-7-14-5-2-3-6-15(14)21-16/h2-3,5-8,10,12-13,17,20H,4,9,11H2,1H3. The van der Waals surface area contributed by atoms with Crippen LogP contribution in [0.3, 0.4) is 0 Å². The Morgan fingerprint density at radius 2 is 2.08 bits per heavy atom. The van der Waals surface area contributed by atoms with Crippen LogP contribution in [0.5, 0.6) is 0 Å². The highest BCUT2D eigenvalue weighted by Gasteiger charge is 2.21. The Labute approximate surface area is 150 Å². The van der Waals surface area contributed by atoms with Crippen molar-refractivity contribution >= 4 is 10.9 Å². The second kappa shape index (κ2) is 7.40. The molecule has 1 aromatic carbocycles. The minimum absolute atomic E-state index is 0.164. The van der Waals surface area contributed by atoms with Crippen LogP contribution in [0.2, 0.25) is 0 Å². The van der Waals surface area contributed by atoms with E-state index in [9.17, 15) is 0 Å². The maximum Gasteiger partial charge on any atom is 0.174 e. The first-order chi connectivity index (χ1) is 12.8. The highest BCUT2D eigenvalue weighted by atomic mass is 15.5. The lowest BCUT2D eigenvalue weighted by Crippen LogP contribution is -2.27. The Kier molecular flexibility index (Phi) is 4.65. The van der Waals surface area contributed by atoms with E-state index in [1.165, 1.54) is 0 Å². The third-order valence-corrected chi connectivity index (χ3v) is 4.33. The summed E-state index contributed by atoms with van der Waals surface area (Å²) in [6, 6.07) is 12.0. The van der Waals surface area contributed by atoms with Gasteiger partial charge in [-0.3, -0.25) is 4.98 Å². The normalized spacial score (nSPS) is 12.5. The number of fused-ring (bicyclic) bond motifs is 1. The molecule has 0 aliphatic carbocycles. The molecular formula is C18H20N8. The van der Waals surface area contributed by atoms with Crippen LogP contribution >= 0.6 is 0 Å². The van der Waals surface area contributed by atoms with Crippen LogP contribution in [0, 0.1) is 0 Å². The average molecular weight is 348 g/mol. The van der Waals surface area contributed by atoms with Gasteiger partial charge in [0.15, 0.2) is 5.82 Å². The quantitative estimate of drug-likeness (QED) is 0.512. The molecule has 1 N–H and O–H groups in total. The summed E-state index contributed by atoms with van der Waals surface area (Å²) in [7, 11) is 1.84. The molecule has 0 aliphatic heterocycles. The molecule has 3 aromatic heterocycles. The fourth-order valence-electron chi connectivity index (χ4n) is 2.98. The summed E-state index contributed by atoms with van der Waals surface area (Å²) < 4.78 is 3.75. The van der Waals surface area contributed by atoms with Gasteiger partial charge < -0.3 is 9.88 Å². The molecular weight excluding hydrogens is 328 g/mol. The third kappa shape index (κ3) is 3.45. The molecule has 0 radical (unpaired) electrons. The predicted octanol–water partition coefficient (Wildman–Crippen LogP) is 1.72. The summed E-state index contributed by atoms with van der Waals surface area (Å²) in [5.74, 6) is 0.746. The van der Waals surface area contributed by atoms with Gasteiger partial charge in [-0.1, -0.05) is 24.3 Å². The van der Waals surface area contributed by atoms with Crippen LogP contribution in [0.25, 0.3) is 10.9 Å². The van der Waals surface area contributed by atoms with E-state index < -0.39 is 0 Å². The lowest BCUT2D eigenvalue weighted by Gasteiger charge is -2.17. The van der Waals surface area contributed by atoms with Crippen molar-refractivity contribution in [1.82, 2.24) is 40.1 Å². The first kappa shape index (κ1) is 16.3. The molecule has 0 amide bonds. The number of para-hydroxylation sites is 1. The first-order valence-corrected chi connectivity index (χ1v) is 8.58. The summed E-state index contributed by atoms with van der Waals surface area (Å²) in [4.78, 5) is 8.88. The number of nitrogens with zero attached hydrogens (tertiary/aromatic N) is 7. The van der Waals surface area contributed by atoms with Gasteiger partial charge in [0.25, 0.3) is 0 Å². The van der Waals surface area contributed by atoms with Crippen molar-refractivity contribution in [3.63, 3.8) is 0 Å². The fraction of sp³-hybridized carbons (Fsp3) is 0.278. The van der Waals surface area contributed by atoms with Crippen LogP contribution in [-0.2, 0) is 13.6 Å². The number of benzene rings is 1. The van der Waals surface area contributed by atoms with E-state index in [1.54, 1.807) is 10.9 Å². The molecule has 26 heavy (non-hydrogen) atoms. The second-order valence-corrected chi connectivity index (χ2v) is 6.13. The maximum absolute atomic E-state index is 4.81. The molecule has 1 atom stereocenters. The first-order valence-electron chi connectivity index (χ1n) is 8.58. The van der Waals surface area contributed by atoms with Crippen molar-refractivity contribution in [2.45, 2.75) is 19.0 Å². The van der Waals surface area contributed by atoms with Gasteiger partial charge in [-0.15, -0.1) is 5.10 Å². The van der Waals surface area contributed by atoms with Crippen molar-refractivity contribution in [3.05, 3.63) is 66.6 Å². The highest BCUT2D eigenvalue weighted by molar-refractivity contribution is 5.78. The van der Waals surface area contributed by atoms with Crippen molar-refractivity contribution in [2.75, 3.05) is 6.54 Å². The largest absolute Gasteiger partial charge is 0.337 e. The van der Waals surface area contributed by atoms with E-state index in [1.807, 2.05) is 43.8 Å². The molecule has 1 unspecified atom stereocenters. The van der Waals surface area contributed by atoms with Crippen LogP contribution in [0.1, 0.15) is 24.0 Å². The van der Waals surface area contributed by atoms with Gasteiger partial charge in [0.05, 0.1) is 17.5 Å². The van der Waals surface area contributed by atoms with E-state index in [0.717, 1.165) is 41.9 Å². The minimum Gasteiger partial charge on any atom is -0.337 e. The Morgan fingerprint density at radius 1 is 1.15 bits per heavy atom. The van der Waals surface area contributed by atoms with Crippen molar-refractivity contribution < 1.29 is 0 Å². The smallest absolute Gasteiger partial charge is 0.174 e. The summed E-state index contributed by atoms with van der Waals surface area (Å²) in [6.45, 7) is 1.71. The second-order valence-electron chi connectivity index (χ2n) is 6.13. The lowest BCUT2D eigenvalue weighted by molar-refractivity contribution is 0.506. The summed E-state index contributed by atoms with van der Waals surface area (Å²) in [5, 5.41) is 16.6. The van der Waals surface area contributed by atoms with Crippen LogP contribution in [0.4, 0.5) is 0 Å². The maximum atomic E-state index is 4.81. The van der Waals surface area contributed by atoms with Gasteiger partial charge in [0, 0.05) is 31.4 Å². The molecule has 0 fully saturated rings. The number of tetrazole rings is 1. The molecule has 4 aromatic rings. The predicted molar refractivity (Wildman–Crippen MR) is 97.2 cm³/mol. The third-order valence-electron chi connectivity index (χ3n) is 4.33. The topological polar surface area (TPSA) is 86.3 Å². The fourth-order valence-corrected chi connectivity index (χ4v) is 2.98. The number of hydrogen-bond donors (Lipinski definition) is 1. The monoisotopic (exact) mass is 348 g/mol. The van der Waals surface area contributed by atoms with Gasteiger partial charge in [-0.25, -0.2) is 9.67 Å².